The smallest absolute Gasteiger partial charge is 0.123 e. The van der Waals surface area contributed by atoms with Crippen LogP contribution in [0.15, 0.2) is 46.5 Å². The lowest BCUT2D eigenvalue weighted by Crippen LogP contribution is -1.99. The molecule has 0 saturated heterocycles. The van der Waals surface area contributed by atoms with Crippen LogP contribution in [0.4, 0.5) is 4.39 Å². The van der Waals surface area contributed by atoms with Crippen molar-refractivity contribution in [3.63, 3.8) is 0 Å². The summed E-state index contributed by atoms with van der Waals surface area (Å²) in [6.45, 7) is 3.81. The van der Waals surface area contributed by atoms with Crippen LogP contribution in [0.1, 0.15) is 11.3 Å². The van der Waals surface area contributed by atoms with E-state index in [-0.39, 0.29) is 5.82 Å². The van der Waals surface area contributed by atoms with Crippen LogP contribution in [0.3, 0.4) is 0 Å². The van der Waals surface area contributed by atoms with Crippen LogP contribution in [-0.2, 0) is 0 Å². The maximum atomic E-state index is 13.2. The van der Waals surface area contributed by atoms with Crippen molar-refractivity contribution in [1.82, 2.24) is 9.78 Å². The zero-order valence-electron chi connectivity index (χ0n) is 12.3. The normalized spacial score (nSPS) is 12.2. The molecule has 0 aliphatic carbocycles. The van der Waals surface area contributed by atoms with E-state index in [9.17, 15) is 4.39 Å². The maximum Gasteiger partial charge on any atom is 0.123 e. The van der Waals surface area contributed by atoms with Crippen LogP contribution < -0.4 is 0 Å². The molecule has 4 nitrogen and oxygen atoms in total. The van der Waals surface area contributed by atoms with Crippen molar-refractivity contribution < 1.29 is 4.39 Å². The number of rotatable bonds is 4. The molecule has 1 heterocycles. The molecule has 108 valence electrons. The predicted molar refractivity (Wildman–Crippen MR) is 84.5 cm³/mol. The second kappa shape index (κ2) is 6.74. The number of aromatic nitrogens is 2. The first-order valence-electron chi connectivity index (χ1n) is 6.55. The largest absolute Gasteiger partial charge is 0.296 e. The molecule has 0 saturated carbocycles. The number of aliphatic imine (C=N–C) groups is 2. The van der Waals surface area contributed by atoms with Crippen molar-refractivity contribution in [2.45, 2.75) is 13.8 Å². The Morgan fingerprint density at radius 1 is 1.24 bits per heavy atom. The van der Waals surface area contributed by atoms with E-state index in [1.165, 1.54) is 12.1 Å². The lowest BCUT2D eigenvalue weighted by molar-refractivity contribution is 0.627. The summed E-state index contributed by atoms with van der Waals surface area (Å²) in [5.74, 6) is -0.239. The Bertz CT molecular complexity index is 711. The Hall–Kier alpha value is -2.56. The van der Waals surface area contributed by atoms with Crippen LogP contribution in [-0.4, -0.2) is 29.4 Å². The summed E-state index contributed by atoms with van der Waals surface area (Å²) in [5, 5.41) is 4.47. The summed E-state index contributed by atoms with van der Waals surface area (Å²) in [7, 11) is 1.70. The van der Waals surface area contributed by atoms with Crippen LogP contribution >= 0.6 is 0 Å². The first-order chi connectivity index (χ1) is 10.1. The summed E-state index contributed by atoms with van der Waals surface area (Å²) < 4.78 is 14.8. The van der Waals surface area contributed by atoms with Gasteiger partial charge in [-0.1, -0.05) is 0 Å². The summed E-state index contributed by atoms with van der Waals surface area (Å²) >= 11 is 0. The van der Waals surface area contributed by atoms with E-state index in [2.05, 4.69) is 15.1 Å². The summed E-state index contributed by atoms with van der Waals surface area (Å²) in [4.78, 5) is 7.95. The highest BCUT2D eigenvalue weighted by molar-refractivity contribution is 5.71. The highest BCUT2D eigenvalue weighted by Crippen LogP contribution is 2.23. The molecule has 0 aliphatic heterocycles. The van der Waals surface area contributed by atoms with E-state index < -0.39 is 0 Å². The number of allylic oxidation sites excluding steroid dienone is 1. The minimum Gasteiger partial charge on any atom is -0.296 e. The van der Waals surface area contributed by atoms with Gasteiger partial charge in [-0.05, 0) is 49.8 Å². The lowest BCUT2D eigenvalue weighted by Gasteiger charge is -2.01. The molecule has 0 bridgehead atoms. The molecule has 0 atom stereocenters. The molecule has 0 unspecified atom stereocenters. The van der Waals surface area contributed by atoms with E-state index in [0.717, 1.165) is 22.5 Å². The fourth-order valence-corrected chi connectivity index (χ4v) is 1.93. The van der Waals surface area contributed by atoms with Gasteiger partial charge in [0.1, 0.15) is 12.2 Å². The van der Waals surface area contributed by atoms with Crippen molar-refractivity contribution in [3.05, 3.63) is 53.6 Å². The number of halogens is 1. The Morgan fingerprint density at radius 2 is 2.05 bits per heavy atom. The first-order valence-corrected chi connectivity index (χ1v) is 6.55. The molecule has 21 heavy (non-hydrogen) atoms. The Balaban J connectivity index is 2.26. The van der Waals surface area contributed by atoms with Crippen molar-refractivity contribution in [3.8, 4) is 11.3 Å². The van der Waals surface area contributed by atoms with Gasteiger partial charge in [0, 0.05) is 30.7 Å². The van der Waals surface area contributed by atoms with E-state index in [0.29, 0.717) is 0 Å². The Labute approximate surface area is 123 Å². The van der Waals surface area contributed by atoms with Crippen LogP contribution in [0, 0.1) is 19.7 Å². The van der Waals surface area contributed by atoms with Crippen molar-refractivity contribution in [2.24, 2.45) is 9.98 Å². The zero-order chi connectivity index (χ0) is 15.2. The van der Waals surface area contributed by atoms with Gasteiger partial charge in [-0.3, -0.25) is 4.99 Å². The molecule has 0 spiro atoms. The quantitative estimate of drug-likeness (QED) is 0.626. The topological polar surface area (TPSA) is 42.5 Å². The number of aryl methyl sites for hydroxylation is 2. The third kappa shape index (κ3) is 3.72. The highest BCUT2D eigenvalue weighted by Gasteiger charge is 2.08. The average Bonchev–Trinajstić information content (AvgIpc) is 2.80. The van der Waals surface area contributed by atoms with Crippen LogP contribution in [0.5, 0.6) is 0 Å². The number of nitrogens with zero attached hydrogens (tertiary/aromatic N) is 4. The van der Waals surface area contributed by atoms with Gasteiger partial charge in [0.25, 0.3) is 0 Å². The molecule has 1 aromatic heterocycles. The van der Waals surface area contributed by atoms with Gasteiger partial charge in [-0.15, -0.1) is 0 Å². The second-order valence-electron chi connectivity index (χ2n) is 4.59. The zero-order valence-corrected chi connectivity index (χ0v) is 12.3. The fraction of sp³-hybridized carbons (Fsp3) is 0.188. The standard InChI is InChI=1S/C16H17FN4/c1-12-9-14(17)5-6-15(12)16-10-13(2)21(20-16)11-19-8-4-7-18-3/h4-11H,1-3H3/b8-4-,18-7?,19-11?. The molecule has 0 aliphatic rings. The second-order valence-corrected chi connectivity index (χ2v) is 4.59. The number of hydrogen-bond donors (Lipinski definition) is 0. The lowest BCUT2D eigenvalue weighted by atomic mass is 10.1. The predicted octanol–water partition coefficient (Wildman–Crippen LogP) is 3.40. The van der Waals surface area contributed by atoms with Crippen LogP contribution in [0.2, 0.25) is 0 Å². The molecule has 0 amide bonds. The van der Waals surface area contributed by atoms with E-state index in [1.807, 2.05) is 19.9 Å². The number of benzene rings is 1. The molecule has 5 heteroatoms. The molecule has 1 aromatic carbocycles. The van der Waals surface area contributed by atoms with E-state index >= 15 is 0 Å². The van der Waals surface area contributed by atoms with Gasteiger partial charge in [-0.2, -0.15) is 5.10 Å². The van der Waals surface area contributed by atoms with E-state index in [4.69, 9.17) is 0 Å². The summed E-state index contributed by atoms with van der Waals surface area (Å²) in [5.41, 5.74) is 3.53. The minimum absolute atomic E-state index is 0.239. The van der Waals surface area contributed by atoms with Gasteiger partial charge >= 0.3 is 0 Å². The van der Waals surface area contributed by atoms with Gasteiger partial charge in [0.05, 0.1) is 5.69 Å². The molecule has 2 rings (SSSR count). The van der Waals surface area contributed by atoms with Crippen molar-refractivity contribution >= 4 is 12.6 Å². The molecular formula is C16H17FN4. The monoisotopic (exact) mass is 284 g/mol. The minimum atomic E-state index is -0.239. The number of hydrogen-bond acceptors (Lipinski definition) is 3. The SMILES string of the molecule is CN=C/C=C\N=Cn1nc(-c2ccc(F)cc2C)cc1C. The van der Waals surface area contributed by atoms with E-state index in [1.54, 1.807) is 42.6 Å². The van der Waals surface area contributed by atoms with Gasteiger partial charge in [0.15, 0.2) is 0 Å². The fourth-order valence-electron chi connectivity index (χ4n) is 1.93. The Morgan fingerprint density at radius 3 is 2.76 bits per heavy atom. The first kappa shape index (κ1) is 14.8. The van der Waals surface area contributed by atoms with Gasteiger partial charge in [0.2, 0.25) is 0 Å². The maximum absolute atomic E-state index is 13.2. The third-order valence-corrected chi connectivity index (χ3v) is 2.97. The van der Waals surface area contributed by atoms with Gasteiger partial charge < -0.3 is 0 Å². The molecule has 0 fully saturated rings. The van der Waals surface area contributed by atoms with Crippen molar-refractivity contribution in [2.75, 3.05) is 7.05 Å². The van der Waals surface area contributed by atoms with Crippen molar-refractivity contribution in [1.29, 1.82) is 0 Å². The summed E-state index contributed by atoms with van der Waals surface area (Å²) in [6.07, 6.45) is 6.65. The molecular weight excluding hydrogens is 267 g/mol. The summed E-state index contributed by atoms with van der Waals surface area (Å²) in [6, 6.07) is 6.64. The van der Waals surface area contributed by atoms with Gasteiger partial charge in [-0.25, -0.2) is 14.1 Å². The highest BCUT2D eigenvalue weighted by atomic mass is 19.1. The third-order valence-electron chi connectivity index (χ3n) is 2.97. The van der Waals surface area contributed by atoms with Crippen LogP contribution in [0.25, 0.3) is 11.3 Å². The molecule has 2 aromatic rings. The Kier molecular flexibility index (Phi) is 4.77. The molecule has 0 radical (unpaired) electrons. The molecule has 0 N–H and O–H groups in total. The average molecular weight is 284 g/mol.